The van der Waals surface area contributed by atoms with Crippen LogP contribution < -0.4 is 10.1 Å². The van der Waals surface area contributed by atoms with Crippen LogP contribution >= 0.6 is 11.6 Å². The SMILES string of the molecule is COC(=O)COc1cc(-c2ccc(Cl)cc2)nc2ccc(NC(=O)c3ccc(F)cc3)cc12. The number of hydrogen-bond acceptors (Lipinski definition) is 5. The van der Waals surface area contributed by atoms with Crippen molar-refractivity contribution >= 4 is 40.1 Å². The smallest absolute Gasteiger partial charge is 0.343 e. The molecule has 1 aromatic heterocycles. The molecule has 0 fully saturated rings. The zero-order valence-corrected chi connectivity index (χ0v) is 18.2. The summed E-state index contributed by atoms with van der Waals surface area (Å²) in [6.45, 7) is -0.290. The molecule has 4 rings (SSSR count). The molecular formula is C25H18ClFN2O4. The summed E-state index contributed by atoms with van der Waals surface area (Å²) in [5.74, 6) is -0.952. The number of pyridine rings is 1. The van der Waals surface area contributed by atoms with Gasteiger partial charge in [0.25, 0.3) is 5.91 Å². The summed E-state index contributed by atoms with van der Waals surface area (Å²) in [7, 11) is 1.28. The largest absolute Gasteiger partial charge is 0.481 e. The summed E-state index contributed by atoms with van der Waals surface area (Å²) in [6.07, 6.45) is 0. The normalized spacial score (nSPS) is 10.6. The lowest BCUT2D eigenvalue weighted by Gasteiger charge is -2.13. The summed E-state index contributed by atoms with van der Waals surface area (Å²) in [6, 6.07) is 19.3. The number of carbonyl (C=O) groups is 2. The monoisotopic (exact) mass is 464 g/mol. The first-order valence-corrected chi connectivity index (χ1v) is 10.3. The van der Waals surface area contributed by atoms with E-state index in [1.165, 1.54) is 31.4 Å². The average Bonchev–Trinajstić information content (AvgIpc) is 2.83. The van der Waals surface area contributed by atoms with E-state index < -0.39 is 17.7 Å². The van der Waals surface area contributed by atoms with Gasteiger partial charge >= 0.3 is 5.97 Å². The van der Waals surface area contributed by atoms with Crippen molar-refractivity contribution in [1.29, 1.82) is 0 Å². The topological polar surface area (TPSA) is 77.5 Å². The molecule has 1 heterocycles. The van der Waals surface area contributed by atoms with Gasteiger partial charge in [0.05, 0.1) is 18.3 Å². The summed E-state index contributed by atoms with van der Waals surface area (Å²) >= 11 is 5.99. The number of halogens is 2. The Kier molecular flexibility index (Phi) is 6.51. The van der Waals surface area contributed by atoms with Gasteiger partial charge in [-0.2, -0.15) is 0 Å². The maximum absolute atomic E-state index is 13.1. The molecule has 0 bridgehead atoms. The second-order valence-electron chi connectivity index (χ2n) is 7.07. The van der Waals surface area contributed by atoms with Crippen LogP contribution in [-0.2, 0) is 9.53 Å². The molecule has 0 saturated heterocycles. The molecule has 8 heteroatoms. The fourth-order valence-corrected chi connectivity index (χ4v) is 3.29. The number of rotatable bonds is 6. The zero-order chi connectivity index (χ0) is 23.4. The minimum Gasteiger partial charge on any atom is -0.481 e. The molecule has 6 nitrogen and oxygen atoms in total. The van der Waals surface area contributed by atoms with Crippen molar-refractivity contribution in [2.45, 2.75) is 0 Å². The Labute approximate surface area is 193 Å². The van der Waals surface area contributed by atoms with E-state index in [-0.39, 0.29) is 6.61 Å². The maximum atomic E-state index is 13.1. The lowest BCUT2D eigenvalue weighted by Crippen LogP contribution is -2.13. The van der Waals surface area contributed by atoms with E-state index in [1.54, 1.807) is 36.4 Å². The van der Waals surface area contributed by atoms with Crippen molar-refractivity contribution in [3.63, 3.8) is 0 Å². The van der Waals surface area contributed by atoms with Crippen molar-refractivity contribution < 1.29 is 23.5 Å². The van der Waals surface area contributed by atoms with Gasteiger partial charge in [-0.25, -0.2) is 14.2 Å². The molecule has 0 atom stereocenters. The molecule has 0 radical (unpaired) electrons. The molecule has 3 aromatic carbocycles. The number of amides is 1. The molecule has 0 aliphatic rings. The highest BCUT2D eigenvalue weighted by Gasteiger charge is 2.13. The predicted molar refractivity (Wildman–Crippen MR) is 124 cm³/mol. The molecule has 1 N–H and O–H groups in total. The van der Waals surface area contributed by atoms with E-state index in [1.807, 2.05) is 12.1 Å². The van der Waals surface area contributed by atoms with E-state index in [4.69, 9.17) is 16.3 Å². The predicted octanol–water partition coefficient (Wildman–Crippen LogP) is 5.50. The summed E-state index contributed by atoms with van der Waals surface area (Å²) in [4.78, 5) is 28.8. The van der Waals surface area contributed by atoms with Crippen molar-refractivity contribution in [3.8, 4) is 17.0 Å². The van der Waals surface area contributed by atoms with Crippen molar-refractivity contribution in [2.24, 2.45) is 0 Å². The number of methoxy groups -OCH3 is 1. The van der Waals surface area contributed by atoms with E-state index >= 15 is 0 Å². The Morgan fingerprint density at radius 2 is 1.73 bits per heavy atom. The molecule has 0 aliphatic heterocycles. The Hall–Kier alpha value is -3.97. The highest BCUT2D eigenvalue weighted by molar-refractivity contribution is 6.30. The summed E-state index contributed by atoms with van der Waals surface area (Å²) < 4.78 is 23.5. The van der Waals surface area contributed by atoms with Crippen LogP contribution in [0.3, 0.4) is 0 Å². The number of fused-ring (bicyclic) bond motifs is 1. The van der Waals surface area contributed by atoms with Gasteiger partial charge in [-0.1, -0.05) is 23.7 Å². The molecule has 166 valence electrons. The van der Waals surface area contributed by atoms with Gasteiger partial charge in [0.2, 0.25) is 0 Å². The Morgan fingerprint density at radius 3 is 2.42 bits per heavy atom. The quantitative estimate of drug-likeness (QED) is 0.381. The highest BCUT2D eigenvalue weighted by atomic mass is 35.5. The molecule has 0 unspecified atom stereocenters. The fourth-order valence-electron chi connectivity index (χ4n) is 3.16. The molecular weight excluding hydrogens is 447 g/mol. The molecule has 0 saturated carbocycles. The summed E-state index contributed by atoms with van der Waals surface area (Å²) in [5.41, 5.74) is 2.85. The Balaban J connectivity index is 1.71. The second-order valence-corrected chi connectivity index (χ2v) is 7.51. The summed E-state index contributed by atoms with van der Waals surface area (Å²) in [5, 5.41) is 3.97. The van der Waals surface area contributed by atoms with Crippen molar-refractivity contribution in [3.05, 3.63) is 89.2 Å². The lowest BCUT2D eigenvalue weighted by atomic mass is 10.1. The van der Waals surface area contributed by atoms with Gasteiger partial charge in [-0.15, -0.1) is 0 Å². The van der Waals surface area contributed by atoms with Gasteiger partial charge in [0.1, 0.15) is 11.6 Å². The van der Waals surface area contributed by atoms with Crippen LogP contribution in [0.1, 0.15) is 10.4 Å². The average molecular weight is 465 g/mol. The number of aromatic nitrogens is 1. The third kappa shape index (κ3) is 5.27. The van der Waals surface area contributed by atoms with E-state index in [9.17, 15) is 14.0 Å². The van der Waals surface area contributed by atoms with E-state index in [2.05, 4.69) is 15.0 Å². The minimum absolute atomic E-state index is 0.290. The molecule has 0 spiro atoms. The second kappa shape index (κ2) is 9.67. The highest BCUT2D eigenvalue weighted by Crippen LogP contribution is 2.32. The molecule has 1 amide bonds. The molecule has 33 heavy (non-hydrogen) atoms. The number of anilines is 1. The van der Waals surface area contributed by atoms with Gasteiger partial charge in [0, 0.05) is 33.3 Å². The van der Waals surface area contributed by atoms with Crippen LogP contribution in [0.2, 0.25) is 5.02 Å². The molecule has 0 aliphatic carbocycles. The molecule has 4 aromatic rings. The third-order valence-electron chi connectivity index (χ3n) is 4.85. The van der Waals surface area contributed by atoms with E-state index in [0.29, 0.717) is 38.6 Å². The number of ether oxygens (including phenoxy) is 2. The maximum Gasteiger partial charge on any atom is 0.343 e. The zero-order valence-electron chi connectivity index (χ0n) is 17.5. The number of benzene rings is 3. The number of nitrogens with one attached hydrogen (secondary N) is 1. The Morgan fingerprint density at radius 1 is 1.00 bits per heavy atom. The standard InChI is InChI=1S/C25H18ClFN2O4/c1-32-24(30)14-33-23-13-22(15-2-6-17(26)7-3-15)29-21-11-10-19(12-20(21)23)28-25(31)16-4-8-18(27)9-5-16/h2-13H,14H2,1H3,(H,28,31). The van der Waals surface area contributed by atoms with Gasteiger partial charge < -0.3 is 14.8 Å². The first-order chi connectivity index (χ1) is 15.9. The van der Waals surface area contributed by atoms with Crippen LogP contribution in [0.5, 0.6) is 5.75 Å². The first-order valence-electron chi connectivity index (χ1n) is 9.90. The number of carbonyl (C=O) groups excluding carboxylic acids is 2. The fraction of sp³-hybridized carbons (Fsp3) is 0.0800. The third-order valence-corrected chi connectivity index (χ3v) is 5.10. The lowest BCUT2D eigenvalue weighted by molar-refractivity contribution is -0.142. The Bertz CT molecular complexity index is 1330. The van der Waals surface area contributed by atoms with Crippen LogP contribution in [0.15, 0.2) is 72.8 Å². The minimum atomic E-state index is -0.534. The number of nitrogens with zero attached hydrogens (tertiary/aromatic N) is 1. The van der Waals surface area contributed by atoms with Crippen molar-refractivity contribution in [1.82, 2.24) is 4.98 Å². The van der Waals surface area contributed by atoms with Gasteiger partial charge in [0.15, 0.2) is 6.61 Å². The van der Waals surface area contributed by atoms with Crippen molar-refractivity contribution in [2.75, 3.05) is 19.0 Å². The first kappa shape index (κ1) is 22.2. The van der Waals surface area contributed by atoms with Gasteiger partial charge in [-0.3, -0.25) is 4.79 Å². The van der Waals surface area contributed by atoms with Gasteiger partial charge in [-0.05, 0) is 54.6 Å². The van der Waals surface area contributed by atoms with Crippen LogP contribution in [0.25, 0.3) is 22.2 Å². The van der Waals surface area contributed by atoms with Crippen LogP contribution in [0, 0.1) is 5.82 Å². The van der Waals surface area contributed by atoms with Crippen LogP contribution in [0.4, 0.5) is 10.1 Å². The van der Waals surface area contributed by atoms with Crippen LogP contribution in [-0.4, -0.2) is 30.6 Å². The van der Waals surface area contributed by atoms with E-state index in [0.717, 1.165) is 5.56 Å². The number of hydrogen-bond donors (Lipinski definition) is 1. The number of esters is 1.